The van der Waals surface area contributed by atoms with Crippen LogP contribution in [0, 0.1) is 11.3 Å². The van der Waals surface area contributed by atoms with Gasteiger partial charge in [-0.05, 0) is 44.2 Å². The van der Waals surface area contributed by atoms with Gasteiger partial charge in [-0.2, -0.15) is 0 Å². The number of piperidine rings is 1. The van der Waals surface area contributed by atoms with E-state index < -0.39 is 0 Å². The fraction of sp³-hybridized carbons (Fsp3) is 0.667. The zero-order chi connectivity index (χ0) is 17.1. The number of amides is 1. The zero-order valence-electron chi connectivity index (χ0n) is 15.2. The third kappa shape index (κ3) is 4.24. The lowest BCUT2D eigenvalue weighted by atomic mass is 9.79. The first-order valence-corrected chi connectivity index (χ1v) is 9.87. The lowest BCUT2D eigenvalue weighted by Crippen LogP contribution is -2.46. The highest BCUT2D eigenvalue weighted by Gasteiger charge is 2.45. The maximum absolute atomic E-state index is 12.4. The highest BCUT2D eigenvalue weighted by atomic mass is 16.5. The van der Waals surface area contributed by atoms with Crippen LogP contribution in [0.3, 0.4) is 0 Å². The van der Waals surface area contributed by atoms with Crippen LogP contribution in [0.2, 0.25) is 0 Å². The quantitative estimate of drug-likeness (QED) is 0.745. The van der Waals surface area contributed by atoms with Crippen LogP contribution in [0.15, 0.2) is 30.3 Å². The van der Waals surface area contributed by atoms with Gasteiger partial charge < -0.3 is 14.5 Å². The van der Waals surface area contributed by atoms with Crippen molar-refractivity contribution in [2.75, 3.05) is 39.3 Å². The van der Waals surface area contributed by atoms with Crippen molar-refractivity contribution in [1.82, 2.24) is 9.80 Å². The molecule has 1 saturated carbocycles. The minimum Gasteiger partial charge on any atom is -0.375 e. The molecule has 0 N–H and O–H groups in total. The molecule has 2 heterocycles. The minimum absolute atomic E-state index is 0.349. The van der Waals surface area contributed by atoms with Crippen LogP contribution < -0.4 is 0 Å². The molecule has 1 spiro atoms. The Balaban J connectivity index is 1.22. The van der Waals surface area contributed by atoms with Gasteiger partial charge in [-0.25, -0.2) is 0 Å². The molecule has 0 bridgehead atoms. The summed E-state index contributed by atoms with van der Waals surface area (Å²) in [7, 11) is 0. The fourth-order valence-corrected chi connectivity index (χ4v) is 4.50. The van der Waals surface area contributed by atoms with Gasteiger partial charge in [-0.1, -0.05) is 30.3 Å². The molecule has 3 aliphatic rings. The van der Waals surface area contributed by atoms with Crippen molar-refractivity contribution in [3.05, 3.63) is 35.9 Å². The molecule has 0 aromatic heterocycles. The van der Waals surface area contributed by atoms with Gasteiger partial charge in [0.2, 0.25) is 5.91 Å². The number of nitrogens with zero attached hydrogens (tertiary/aromatic N) is 2. The Kier molecular flexibility index (Phi) is 5.09. The Bertz CT molecular complexity index is 587. The molecule has 2 aliphatic heterocycles. The molecule has 1 aromatic carbocycles. The van der Waals surface area contributed by atoms with E-state index in [1.54, 1.807) is 0 Å². The monoisotopic (exact) mass is 342 g/mol. The maximum atomic E-state index is 12.4. The summed E-state index contributed by atoms with van der Waals surface area (Å²) in [6, 6.07) is 10.4. The van der Waals surface area contributed by atoms with Crippen LogP contribution in [0.25, 0.3) is 0 Å². The minimum atomic E-state index is 0.349. The molecule has 1 atom stereocenters. The molecule has 4 heteroatoms. The molecule has 1 amide bonds. The number of carbonyl (C=O) groups excluding carboxylic acids is 1. The Morgan fingerprint density at radius 2 is 1.96 bits per heavy atom. The number of hydrogen-bond acceptors (Lipinski definition) is 3. The van der Waals surface area contributed by atoms with Crippen LogP contribution in [-0.4, -0.2) is 55.0 Å². The average Bonchev–Trinajstić information content (AvgIpc) is 3.42. The van der Waals surface area contributed by atoms with E-state index in [2.05, 4.69) is 34.1 Å². The fourth-order valence-electron chi connectivity index (χ4n) is 4.50. The third-order valence-electron chi connectivity index (χ3n) is 6.08. The van der Waals surface area contributed by atoms with Crippen molar-refractivity contribution in [3.8, 4) is 0 Å². The summed E-state index contributed by atoms with van der Waals surface area (Å²) < 4.78 is 5.87. The number of hydrogen-bond donors (Lipinski definition) is 0. The van der Waals surface area contributed by atoms with Gasteiger partial charge in [-0.3, -0.25) is 4.79 Å². The summed E-state index contributed by atoms with van der Waals surface area (Å²) >= 11 is 0. The molecule has 4 nitrogen and oxygen atoms in total. The van der Waals surface area contributed by atoms with Gasteiger partial charge in [0.25, 0.3) is 0 Å². The normalized spacial score (nSPS) is 27.1. The van der Waals surface area contributed by atoms with Gasteiger partial charge in [0.1, 0.15) is 0 Å². The topological polar surface area (TPSA) is 32.8 Å². The second-order valence-corrected chi connectivity index (χ2v) is 8.20. The van der Waals surface area contributed by atoms with E-state index in [1.165, 1.54) is 31.4 Å². The van der Waals surface area contributed by atoms with Crippen LogP contribution in [0.1, 0.15) is 37.7 Å². The molecule has 2 saturated heterocycles. The number of ether oxygens (including phenoxy) is 1. The lowest BCUT2D eigenvalue weighted by Gasteiger charge is -2.40. The number of benzene rings is 1. The summed E-state index contributed by atoms with van der Waals surface area (Å²) in [5, 5.41) is 0. The van der Waals surface area contributed by atoms with Crippen molar-refractivity contribution >= 4 is 5.91 Å². The van der Waals surface area contributed by atoms with Crippen molar-refractivity contribution < 1.29 is 9.53 Å². The smallest absolute Gasteiger partial charge is 0.225 e. The van der Waals surface area contributed by atoms with Crippen molar-refractivity contribution in [3.63, 3.8) is 0 Å². The number of carbonyl (C=O) groups is 1. The largest absolute Gasteiger partial charge is 0.375 e. The molecular formula is C21H30N2O2. The SMILES string of the molecule is O=C(C1CC1)N1CC[C@@]2(CCCN(CCOCc3ccccc3)C2)C1. The molecule has 4 rings (SSSR count). The molecule has 3 fully saturated rings. The summed E-state index contributed by atoms with van der Waals surface area (Å²) in [6.07, 6.45) is 5.96. The molecule has 0 unspecified atom stereocenters. The lowest BCUT2D eigenvalue weighted by molar-refractivity contribution is -0.132. The summed E-state index contributed by atoms with van der Waals surface area (Å²) in [6.45, 7) is 6.77. The van der Waals surface area contributed by atoms with Crippen LogP contribution in [0.4, 0.5) is 0 Å². The van der Waals surface area contributed by atoms with E-state index in [4.69, 9.17) is 4.74 Å². The molecule has 1 aromatic rings. The summed E-state index contributed by atoms with van der Waals surface area (Å²) in [4.78, 5) is 17.1. The van der Waals surface area contributed by atoms with Crippen LogP contribution in [0.5, 0.6) is 0 Å². The van der Waals surface area contributed by atoms with Crippen molar-refractivity contribution in [1.29, 1.82) is 0 Å². The van der Waals surface area contributed by atoms with Gasteiger partial charge in [0.15, 0.2) is 0 Å². The zero-order valence-corrected chi connectivity index (χ0v) is 15.2. The predicted molar refractivity (Wildman–Crippen MR) is 98.1 cm³/mol. The van der Waals surface area contributed by atoms with Gasteiger partial charge in [-0.15, -0.1) is 0 Å². The Hall–Kier alpha value is -1.39. The van der Waals surface area contributed by atoms with E-state index in [1.807, 2.05) is 6.07 Å². The number of likely N-dealkylation sites (tertiary alicyclic amines) is 2. The summed E-state index contributed by atoms with van der Waals surface area (Å²) in [5.41, 5.74) is 1.59. The molecule has 1 aliphatic carbocycles. The standard InChI is InChI=1S/C21H30N2O2/c24-20(19-7-8-19)23-12-10-21(17-23)9-4-11-22(16-21)13-14-25-15-18-5-2-1-3-6-18/h1-3,5-6,19H,4,7-17H2/t21-/m1/s1. The van der Waals surface area contributed by atoms with Crippen LogP contribution in [-0.2, 0) is 16.1 Å². The predicted octanol–water partition coefficient (Wildman–Crippen LogP) is 2.93. The van der Waals surface area contributed by atoms with Gasteiger partial charge in [0, 0.05) is 37.5 Å². The highest BCUT2D eigenvalue weighted by Crippen LogP contribution is 2.41. The van der Waals surface area contributed by atoms with Gasteiger partial charge in [0.05, 0.1) is 13.2 Å². The first kappa shape index (κ1) is 17.0. The Labute approximate surface area is 151 Å². The van der Waals surface area contributed by atoms with E-state index in [0.717, 1.165) is 45.6 Å². The Morgan fingerprint density at radius 1 is 1.12 bits per heavy atom. The third-order valence-corrected chi connectivity index (χ3v) is 6.08. The summed E-state index contributed by atoms with van der Waals surface area (Å²) in [5.74, 6) is 0.793. The van der Waals surface area contributed by atoms with Crippen molar-refractivity contribution in [2.24, 2.45) is 11.3 Å². The molecule has 0 radical (unpaired) electrons. The second kappa shape index (κ2) is 7.46. The highest BCUT2D eigenvalue weighted by molar-refractivity contribution is 5.81. The average molecular weight is 342 g/mol. The number of rotatable bonds is 6. The first-order valence-electron chi connectivity index (χ1n) is 9.87. The Morgan fingerprint density at radius 3 is 2.76 bits per heavy atom. The van der Waals surface area contributed by atoms with E-state index >= 15 is 0 Å². The van der Waals surface area contributed by atoms with Gasteiger partial charge >= 0.3 is 0 Å². The first-order chi connectivity index (χ1) is 12.2. The second-order valence-electron chi connectivity index (χ2n) is 8.20. The van der Waals surface area contributed by atoms with Crippen LogP contribution >= 0.6 is 0 Å². The van der Waals surface area contributed by atoms with E-state index in [9.17, 15) is 4.79 Å². The molecule has 25 heavy (non-hydrogen) atoms. The molecular weight excluding hydrogens is 312 g/mol. The van der Waals surface area contributed by atoms with Crippen molar-refractivity contribution in [2.45, 2.75) is 38.7 Å². The molecule has 136 valence electrons. The van der Waals surface area contributed by atoms with E-state index in [0.29, 0.717) is 23.8 Å². The van der Waals surface area contributed by atoms with E-state index in [-0.39, 0.29) is 0 Å². The maximum Gasteiger partial charge on any atom is 0.225 e.